The standard InChI is InChI=1S/C95H133N17O32S4/c1-54-35-59-50-109-67-43-73(56(3)38-62(67)86(124)61(59)36-54)143-27-14-9-15-28-144-75-44-68-63(42-74(75)140-8)90(128)108-49-55(2)37-69(108)91(129)112(68)95(133)107-148(136,137)102-48-81(120)104-65(17-10-12-22-96-78(117)20-29-141-33-31-138-6)71(115)39-57(4)87(125)98-24-16-19-70(114)64-41-60(113)51-110-83(122)45-76(92(110)130)145-53-146-77-46-84(123)111(93(77)131)52-82(121)105-85(64)89(127)100-26-25-99-88(126)58(5)40-72(116)66(103-80(119)47-101-147(134,135)106-94(109)132)18-11-13-23-97-79(118)21-30-142-34-32-139-7/h35,37-38,42-44,57-59,61,64-66,69,76-77,85,91,101-102,129H,9-34,36,39-41,45-53H2,1-8H3,(H,96,117)(H,97,118)(H,98,125)(H,99,126)(H,100,127)(H,103,119)(H,104,120)(H,105,121)(H,106,132)(H,107,133)/t57-,58-,59-,61?,64+,65+,66+,69-,76?,77?,85-,91?/m0/s1. The lowest BCUT2D eigenvalue weighted by Gasteiger charge is -2.31. The van der Waals surface area contributed by atoms with E-state index in [0.717, 1.165) is 34.0 Å². The zero-order valence-electron chi connectivity index (χ0n) is 83.9. The Labute approximate surface area is 865 Å². The van der Waals surface area contributed by atoms with Gasteiger partial charge in [0.05, 0.1) is 131 Å². The first-order valence-corrected chi connectivity index (χ1v) is 54.1. The molecule has 8 bridgehead atoms. The number of Topliss-reactive ketones (excluding diaryl/α,β-unsaturated/α-hetero) is 5. The molecule has 0 radical (unpaired) electrons. The molecule has 8 aliphatic rings. The summed E-state index contributed by atoms with van der Waals surface area (Å²) in [7, 11) is -5.92. The van der Waals surface area contributed by atoms with Crippen LogP contribution in [0.1, 0.15) is 176 Å². The Morgan fingerprint density at radius 1 is 0.520 bits per heavy atom. The van der Waals surface area contributed by atoms with Crippen LogP contribution in [0.2, 0.25) is 0 Å². The minimum Gasteiger partial charge on any atom is -0.493 e. The van der Waals surface area contributed by atoms with Crippen molar-refractivity contribution < 1.29 is 151 Å². The molecule has 12 atom stereocenters. The van der Waals surface area contributed by atoms with Gasteiger partial charge in [-0.15, -0.1) is 23.5 Å². The number of ether oxygens (including phenoxy) is 7. The number of aliphatic hydroxyl groups excluding tert-OH is 1. The Bertz CT molecular complexity index is 5520. The number of methoxy groups -OCH3 is 3. The van der Waals surface area contributed by atoms with E-state index in [9.17, 15) is 118 Å². The second-order valence-electron chi connectivity index (χ2n) is 37.2. The minimum absolute atomic E-state index is 0.00312. The molecule has 0 aromatic heterocycles. The number of carbonyl (C=O) groups is 20. The molecule has 49 nitrogen and oxygen atoms in total. The van der Waals surface area contributed by atoms with E-state index in [1.165, 1.54) is 70.4 Å². The second kappa shape index (κ2) is 56.6. The predicted octanol–water partition coefficient (Wildman–Crippen LogP) is -0.482. The third-order valence-corrected chi connectivity index (χ3v) is 30.3. The summed E-state index contributed by atoms with van der Waals surface area (Å²) in [6.45, 7) is 3.61. The number of hydrogen-bond donors (Lipinski definition) is 13. The number of thioether (sulfide) groups is 2. The fourth-order valence-electron chi connectivity index (χ4n) is 17.9. The molecule has 7 heterocycles. The summed E-state index contributed by atoms with van der Waals surface area (Å²) in [5.41, 5.74) is 1.41. The van der Waals surface area contributed by atoms with E-state index >= 15 is 0 Å². The highest BCUT2D eigenvalue weighted by molar-refractivity contribution is 8.17. The Morgan fingerprint density at radius 2 is 1.05 bits per heavy atom. The van der Waals surface area contributed by atoms with Gasteiger partial charge in [-0.2, -0.15) is 26.3 Å². The molecule has 0 spiro atoms. The lowest BCUT2D eigenvalue weighted by molar-refractivity contribution is -0.144. The van der Waals surface area contributed by atoms with Crippen molar-refractivity contribution in [2.75, 3.05) is 161 Å². The van der Waals surface area contributed by atoms with Crippen LogP contribution in [0.15, 0.2) is 47.6 Å². The average molecular weight is 2150 g/mol. The zero-order valence-corrected chi connectivity index (χ0v) is 87.2. The van der Waals surface area contributed by atoms with Gasteiger partial charge < -0.3 is 85.7 Å². The van der Waals surface area contributed by atoms with Gasteiger partial charge in [0, 0.05) is 158 Å². The van der Waals surface area contributed by atoms with Crippen LogP contribution >= 0.6 is 23.5 Å². The van der Waals surface area contributed by atoms with Gasteiger partial charge in [-0.3, -0.25) is 106 Å². The van der Waals surface area contributed by atoms with Gasteiger partial charge in [-0.25, -0.2) is 19.0 Å². The molecular weight excluding hydrogens is 2020 g/mol. The van der Waals surface area contributed by atoms with E-state index in [-0.39, 0.29) is 205 Å². The maximum Gasteiger partial charge on any atom is 0.338 e. The van der Waals surface area contributed by atoms with Crippen LogP contribution in [0.4, 0.5) is 21.0 Å². The van der Waals surface area contributed by atoms with Gasteiger partial charge in [0.15, 0.2) is 40.9 Å². The van der Waals surface area contributed by atoms with Crippen molar-refractivity contribution in [2.24, 2.45) is 29.6 Å². The molecule has 17 amide bonds. The first kappa shape index (κ1) is 118. The Kier molecular flexibility index (Phi) is 45.1. The highest BCUT2D eigenvalue weighted by Crippen LogP contribution is 2.45. The van der Waals surface area contributed by atoms with Gasteiger partial charge in [0.25, 0.3) is 5.91 Å². The number of carbonyl (C=O) groups excluding carboxylic acids is 20. The van der Waals surface area contributed by atoms with Crippen molar-refractivity contribution in [1.29, 1.82) is 0 Å². The number of fused-ring (bicyclic) bond motifs is 9. The zero-order chi connectivity index (χ0) is 108. The molecule has 2 aromatic carbocycles. The molecular formula is C95H133N17O32S4. The molecule has 3 saturated heterocycles. The summed E-state index contributed by atoms with van der Waals surface area (Å²) < 4.78 is 103. The maximum atomic E-state index is 15.0. The number of hydrogen-bond acceptors (Lipinski definition) is 34. The fraction of sp³-hybridized carbons (Fsp3) is 0.621. The number of rotatable bonds is 23. The second-order valence-corrected chi connectivity index (χ2v) is 42.9. The SMILES string of the molecule is COCCOCCC(=O)NCCCC[C@H]1NC(=O)CNS(=O)(=O)NC(=O)N2C[C@@H]3C=C(C)CC3C(=O)c3cc(C)c(cc32)OCCCCCOc2cc3c(cc2OC)C(=O)N2CC(C)=C[C@H]2C(O)N3C(=O)NS(=O)(=O)NCC(=O)N[C@H](CCCCNC(=O)CCOCCOC)C(=O)C[C@H](C)C(=O)NCCCC(=O)[C@H]2CC(=O)CN3C(=O)CC(SCSC4CC(=O)N(CC(=O)N[C@@H]2C(=O)NCCNC(=O)[C@@H](C)CC1=O)C4=O)C3=O. The van der Waals surface area contributed by atoms with E-state index in [1.54, 1.807) is 18.6 Å². The third kappa shape index (κ3) is 34.0. The number of anilines is 2. The van der Waals surface area contributed by atoms with Gasteiger partial charge in [-0.05, 0) is 109 Å². The number of nitrogens with zero attached hydrogens (tertiary/aromatic N) is 5. The van der Waals surface area contributed by atoms with Crippen molar-refractivity contribution in [3.8, 4) is 17.2 Å². The van der Waals surface area contributed by atoms with Crippen LogP contribution in [0, 0.1) is 36.5 Å². The topological polar surface area (TPSA) is 655 Å². The van der Waals surface area contributed by atoms with Crippen molar-refractivity contribution in [3.05, 3.63) is 64.3 Å². The number of unbranched alkanes of at least 4 members (excludes halogenated alkanes) is 2. The van der Waals surface area contributed by atoms with Crippen LogP contribution in [0.5, 0.6) is 17.2 Å². The smallest absolute Gasteiger partial charge is 0.338 e. The average Bonchev–Trinajstić information content (AvgIpc) is 1.57. The molecule has 148 heavy (non-hydrogen) atoms. The molecule has 53 heteroatoms. The maximum absolute atomic E-state index is 15.0. The Hall–Kier alpha value is -12.0. The monoisotopic (exact) mass is 2150 g/mol. The number of aryl methyl sites for hydroxylation is 1. The van der Waals surface area contributed by atoms with Crippen LogP contribution in [-0.2, 0) is 116 Å². The summed E-state index contributed by atoms with van der Waals surface area (Å²) in [5, 5.41) is 30.7. The highest BCUT2D eigenvalue weighted by Gasteiger charge is 2.49. The minimum atomic E-state index is -5.16. The van der Waals surface area contributed by atoms with Gasteiger partial charge >= 0.3 is 32.5 Å². The first-order chi connectivity index (χ1) is 70.5. The molecule has 0 saturated carbocycles. The van der Waals surface area contributed by atoms with Crippen molar-refractivity contribution in [2.45, 2.75) is 198 Å². The third-order valence-electron chi connectivity index (χ3n) is 25.7. The molecule has 4 unspecified atom stereocenters. The number of aliphatic hydroxyl groups is 1. The van der Waals surface area contributed by atoms with Crippen LogP contribution in [0.3, 0.4) is 0 Å². The number of nitrogens with one attached hydrogen (secondary N) is 12. The van der Waals surface area contributed by atoms with Crippen LogP contribution < -0.4 is 85.4 Å². The summed E-state index contributed by atoms with van der Waals surface area (Å²) in [5.74, 6) is -20.0. The number of urea groups is 2. The molecule has 13 N–H and O–H groups in total. The van der Waals surface area contributed by atoms with Crippen LogP contribution in [0.25, 0.3) is 0 Å². The molecule has 3 fully saturated rings. The number of allylic oxidation sites excluding steroid dienone is 1. The van der Waals surface area contributed by atoms with Crippen molar-refractivity contribution in [1.82, 2.24) is 76.1 Å². The molecule has 1 aliphatic carbocycles. The fourth-order valence-corrected chi connectivity index (χ4v) is 22.0. The van der Waals surface area contributed by atoms with Gasteiger partial charge in [0.1, 0.15) is 24.1 Å². The van der Waals surface area contributed by atoms with Gasteiger partial charge in [0.2, 0.25) is 70.9 Å². The Balaban J connectivity index is 0.921. The first-order valence-electron chi connectivity index (χ1n) is 49.1. The van der Waals surface area contributed by atoms with Gasteiger partial charge in [-0.1, -0.05) is 37.1 Å². The largest absolute Gasteiger partial charge is 0.493 e. The van der Waals surface area contributed by atoms with E-state index < -0.39 is 256 Å². The summed E-state index contributed by atoms with van der Waals surface area (Å²) in [4.78, 5) is 286. The number of ketones is 5. The lowest BCUT2D eigenvalue weighted by atomic mass is 9.86. The summed E-state index contributed by atoms with van der Waals surface area (Å²) in [6.07, 6.45) is -0.563. The van der Waals surface area contributed by atoms with Crippen molar-refractivity contribution in [3.63, 3.8) is 0 Å². The number of benzene rings is 2. The van der Waals surface area contributed by atoms with E-state index in [1.807, 2.05) is 27.2 Å². The number of amides is 17. The highest BCUT2D eigenvalue weighted by atomic mass is 32.2. The predicted molar refractivity (Wildman–Crippen MR) is 532 cm³/mol. The molecule has 7 aliphatic heterocycles. The molecule has 814 valence electrons. The van der Waals surface area contributed by atoms with Crippen LogP contribution in [-0.4, -0.2) is 347 Å². The normalized spacial score (nSPS) is 25.5. The van der Waals surface area contributed by atoms with E-state index in [2.05, 4.69) is 42.5 Å². The van der Waals surface area contributed by atoms with E-state index in [4.69, 9.17) is 33.2 Å². The lowest BCUT2D eigenvalue weighted by Crippen LogP contribution is -2.56. The van der Waals surface area contributed by atoms with Crippen molar-refractivity contribution >= 4 is 173 Å². The Morgan fingerprint density at radius 3 is 1.61 bits per heavy atom. The molecule has 2 aromatic rings. The quantitative estimate of drug-likeness (QED) is 0.0379. The summed E-state index contributed by atoms with van der Waals surface area (Å²) in [6, 6.07) is -3.57. The van der Waals surface area contributed by atoms with E-state index in [0.29, 0.717) is 64.7 Å². The number of imide groups is 2. The molecule has 10 rings (SSSR count). The summed E-state index contributed by atoms with van der Waals surface area (Å²) >= 11 is 1.95.